The molecule has 3 rings (SSSR count). The lowest BCUT2D eigenvalue weighted by atomic mass is 9.99. The van der Waals surface area contributed by atoms with Crippen molar-refractivity contribution in [3.05, 3.63) is 0 Å². The van der Waals surface area contributed by atoms with E-state index in [1.165, 1.54) is 0 Å². The molecule has 0 aromatic carbocycles. The minimum atomic E-state index is -5.73. The van der Waals surface area contributed by atoms with Crippen LogP contribution >= 0.6 is 23.5 Å². The minimum Gasteiger partial charge on any atom is -0.396 e. The molecule has 0 radical (unpaired) electrons. The van der Waals surface area contributed by atoms with Crippen molar-refractivity contribution in [3.8, 4) is 0 Å². The van der Waals surface area contributed by atoms with E-state index in [1.54, 1.807) is 0 Å². The number of amidine groups is 1. The molecule has 1 amide bonds. The Morgan fingerprint density at radius 3 is 2.45 bits per heavy atom. The van der Waals surface area contributed by atoms with Crippen molar-refractivity contribution in [2.75, 3.05) is 13.2 Å². The second kappa shape index (κ2) is 9.31. The average molecular weight is 537 g/mol. The third-order valence-corrected chi connectivity index (χ3v) is 8.19. The van der Waals surface area contributed by atoms with Gasteiger partial charge in [-0.05, 0) is 0 Å². The number of carbonyl (C=O) groups excluding carboxylic acids is 1. The minimum absolute atomic E-state index is 0.0574. The second-order valence-corrected chi connectivity index (χ2v) is 11.1. The second-order valence-electron chi connectivity index (χ2n) is 6.67. The van der Waals surface area contributed by atoms with E-state index in [1.807, 2.05) is 0 Å². The summed E-state index contributed by atoms with van der Waals surface area (Å²) in [6, 6.07) is -1.11. The van der Waals surface area contributed by atoms with E-state index < -0.39 is 78.9 Å². The van der Waals surface area contributed by atoms with Gasteiger partial charge in [-0.1, -0.05) is 0 Å². The van der Waals surface area contributed by atoms with Gasteiger partial charge in [-0.15, -0.1) is 0 Å². The van der Waals surface area contributed by atoms with E-state index in [0.29, 0.717) is 0 Å². The molecule has 186 valence electrons. The molecular weight excluding hydrogens is 519 g/mol. The molecular formula is C11H18N5O14P3. The number of hydrogen-bond donors (Lipinski definition) is 8. The number of phosphoric ester groups is 1. The maximum absolute atomic E-state index is 11.9. The first-order valence-corrected chi connectivity index (χ1v) is 13.2. The average Bonchev–Trinajstić information content (AvgIpc) is 3.17. The monoisotopic (exact) mass is 537 g/mol. The quantitative estimate of drug-likeness (QED) is 0.138. The van der Waals surface area contributed by atoms with Crippen LogP contribution in [0.4, 0.5) is 0 Å². The first kappa shape index (κ1) is 26.2. The number of rotatable bonds is 9. The summed E-state index contributed by atoms with van der Waals surface area (Å²) in [5.41, 5.74) is 0. The Bertz CT molecular complexity index is 1030. The van der Waals surface area contributed by atoms with Gasteiger partial charge in [-0.3, -0.25) is 29.9 Å². The van der Waals surface area contributed by atoms with Gasteiger partial charge >= 0.3 is 23.5 Å². The zero-order valence-corrected chi connectivity index (χ0v) is 18.7. The molecule has 0 saturated carbocycles. The van der Waals surface area contributed by atoms with E-state index >= 15 is 0 Å². The summed E-state index contributed by atoms with van der Waals surface area (Å²) in [7, 11) is -16.8. The molecule has 1 saturated heterocycles. The zero-order chi connectivity index (χ0) is 24.8. The van der Waals surface area contributed by atoms with Crippen molar-refractivity contribution in [1.82, 2.24) is 10.2 Å². The first-order chi connectivity index (χ1) is 15.1. The number of nitrogens with zero attached hydrogens (tertiary/aromatic N) is 3. The number of ether oxygens (including phenoxy) is 1. The fourth-order valence-corrected chi connectivity index (χ4v) is 6.14. The van der Waals surface area contributed by atoms with Gasteiger partial charge in [0.2, 0.25) is 5.96 Å². The molecule has 3 heterocycles. The fraction of sp³-hybridized carbons (Fsp3) is 0.636. The highest BCUT2D eigenvalue weighted by Gasteiger charge is 2.51. The van der Waals surface area contributed by atoms with Crippen molar-refractivity contribution in [1.29, 1.82) is 5.41 Å². The zero-order valence-electron chi connectivity index (χ0n) is 16.0. The molecule has 3 aliphatic heterocycles. The van der Waals surface area contributed by atoms with Gasteiger partial charge < -0.3 is 34.5 Å². The molecule has 0 bridgehead atoms. The smallest absolute Gasteiger partial charge is 0.396 e. The van der Waals surface area contributed by atoms with Crippen molar-refractivity contribution in [2.45, 2.75) is 24.5 Å². The summed E-state index contributed by atoms with van der Waals surface area (Å²) in [5.74, 6) is -2.35. The van der Waals surface area contributed by atoms with E-state index in [0.717, 1.165) is 11.2 Å². The predicted molar refractivity (Wildman–Crippen MR) is 102 cm³/mol. The highest BCUT2D eigenvalue weighted by atomic mass is 31.3. The van der Waals surface area contributed by atoms with Crippen LogP contribution in [0.3, 0.4) is 0 Å². The number of amides is 1. The number of fused-ring (bicyclic) bond motifs is 1. The van der Waals surface area contributed by atoms with Crippen molar-refractivity contribution < 1.29 is 66.2 Å². The topological polar surface area (TPSA) is 290 Å². The molecule has 1 fully saturated rings. The van der Waals surface area contributed by atoms with Crippen LogP contribution in [0.1, 0.15) is 0 Å². The number of guanidine groups is 1. The lowest BCUT2D eigenvalue weighted by molar-refractivity contribution is -0.119. The summed E-state index contributed by atoms with van der Waals surface area (Å²) in [4.78, 5) is 56.5. The molecule has 0 spiro atoms. The Hall–Kier alpha value is -1.43. The van der Waals surface area contributed by atoms with Crippen LogP contribution < -0.4 is 5.32 Å². The summed E-state index contributed by atoms with van der Waals surface area (Å²) < 4.78 is 51.1. The van der Waals surface area contributed by atoms with E-state index in [9.17, 15) is 33.6 Å². The number of aliphatic hydroxyl groups excluding tert-OH is 2. The van der Waals surface area contributed by atoms with Crippen molar-refractivity contribution in [3.63, 3.8) is 0 Å². The third-order valence-electron chi connectivity index (χ3n) is 4.39. The number of hydrogen-bond acceptors (Lipinski definition) is 13. The highest BCUT2D eigenvalue weighted by molar-refractivity contribution is 7.66. The van der Waals surface area contributed by atoms with Crippen LogP contribution in [0.5, 0.6) is 0 Å². The van der Waals surface area contributed by atoms with Crippen LogP contribution in [0, 0.1) is 11.3 Å². The van der Waals surface area contributed by atoms with Gasteiger partial charge in [-0.25, -0.2) is 13.7 Å². The highest BCUT2D eigenvalue weighted by Crippen LogP contribution is 2.66. The van der Waals surface area contributed by atoms with E-state index in [4.69, 9.17) is 24.8 Å². The van der Waals surface area contributed by atoms with E-state index in [2.05, 4.69) is 28.4 Å². The summed E-state index contributed by atoms with van der Waals surface area (Å²) in [6.07, 6.45) is -3.04. The van der Waals surface area contributed by atoms with Gasteiger partial charge in [-0.2, -0.15) is 13.6 Å². The van der Waals surface area contributed by atoms with Crippen LogP contribution in [-0.4, -0.2) is 96.4 Å². The standard InChI is InChI=1S/C11H18N5O14P3/c12-11-14-8-6(9(19)15-11)13-3-16(8)10-7(18)4(1-17)5(28-10)2-27-32(23,24)30-33(25,26)29-31(20,21)22/h3-7,10,17-18H,1-2H2,(H,23,24)(H,25,26)(H2,12,15,19)(H2,20,21,22)/t4-,5-,6?,7-,10-/m1/s1. The van der Waals surface area contributed by atoms with Crippen molar-refractivity contribution >= 4 is 47.5 Å². The molecule has 8 N–H and O–H groups in total. The van der Waals surface area contributed by atoms with Gasteiger partial charge in [0.15, 0.2) is 18.1 Å². The molecule has 33 heavy (non-hydrogen) atoms. The van der Waals surface area contributed by atoms with Gasteiger partial charge in [0, 0.05) is 5.92 Å². The lowest BCUT2D eigenvalue weighted by Gasteiger charge is -2.28. The fourth-order valence-electron chi connectivity index (χ4n) is 3.11. The number of phosphoric acid groups is 3. The number of aliphatic imine (C=N–C) groups is 2. The predicted octanol–water partition coefficient (Wildman–Crippen LogP) is -2.80. The molecule has 7 atom stereocenters. The lowest BCUT2D eigenvalue weighted by Crippen LogP contribution is -2.52. The number of aliphatic hydroxyl groups is 2. The molecule has 0 aromatic heterocycles. The van der Waals surface area contributed by atoms with Crippen LogP contribution in [-0.2, 0) is 36.4 Å². The summed E-state index contributed by atoms with van der Waals surface area (Å²) in [6.45, 7) is -1.64. The molecule has 3 aliphatic rings. The van der Waals surface area contributed by atoms with Gasteiger partial charge in [0.25, 0.3) is 5.91 Å². The van der Waals surface area contributed by atoms with Crippen LogP contribution in [0.15, 0.2) is 9.98 Å². The molecule has 22 heteroatoms. The largest absolute Gasteiger partial charge is 0.490 e. The Labute approximate surface area is 183 Å². The number of nitrogens with one attached hydrogen (secondary N) is 2. The van der Waals surface area contributed by atoms with Crippen LogP contribution in [0.25, 0.3) is 0 Å². The first-order valence-electron chi connectivity index (χ1n) is 8.65. The SMILES string of the molecule is N=C1N=C2C(N=CN2[C@@H]2O[C@H](COP(=O)(O)OP(=O)(O)OP(=O)(O)O)[C@@H](CO)[C@H]2O)C(=O)N1. The Balaban J connectivity index is 1.69. The Kier molecular flexibility index (Phi) is 7.39. The number of carbonyl (C=O) groups is 1. The molecule has 3 unspecified atom stereocenters. The Morgan fingerprint density at radius 2 is 1.85 bits per heavy atom. The summed E-state index contributed by atoms with van der Waals surface area (Å²) in [5, 5.41) is 29.8. The van der Waals surface area contributed by atoms with Crippen molar-refractivity contribution in [2.24, 2.45) is 15.9 Å². The molecule has 0 aliphatic carbocycles. The molecule has 19 nitrogen and oxygen atoms in total. The Morgan fingerprint density at radius 1 is 1.18 bits per heavy atom. The normalized spacial score (nSPS) is 33.3. The van der Waals surface area contributed by atoms with E-state index in [-0.39, 0.29) is 5.84 Å². The van der Waals surface area contributed by atoms with Crippen LogP contribution in [0.2, 0.25) is 0 Å². The third kappa shape index (κ3) is 6.17. The van der Waals surface area contributed by atoms with Gasteiger partial charge in [0.1, 0.15) is 6.10 Å². The maximum atomic E-state index is 11.9. The maximum Gasteiger partial charge on any atom is 0.490 e. The summed E-state index contributed by atoms with van der Waals surface area (Å²) >= 11 is 0. The van der Waals surface area contributed by atoms with Gasteiger partial charge in [0.05, 0.1) is 25.7 Å². The molecule has 0 aromatic rings.